The quantitative estimate of drug-likeness (QED) is 0.374. The van der Waals surface area contributed by atoms with Crippen LogP contribution in [0.4, 0.5) is 8.78 Å². The SMILES string of the molecule is CC1=C(C)C(C)[C]([Zr]([CH3])([CH3])(=[SiH2])[CH]2C(C)=C(c3ccccc3)c3cc(F)cc(F)c32)=C1C. The molecule has 0 amide bonds. The molecular weight excluding hydrogens is 482 g/mol. The number of allylic oxidation sites excluding steroid dienone is 5. The van der Waals surface area contributed by atoms with Crippen LogP contribution >= 0.6 is 0 Å². The summed E-state index contributed by atoms with van der Waals surface area (Å²) in [6, 6.07) is 12.7. The zero-order chi connectivity index (χ0) is 22.9. The molecule has 4 rings (SSSR count). The molecule has 0 nitrogen and oxygen atoms in total. The van der Waals surface area contributed by atoms with Crippen molar-refractivity contribution in [1.82, 2.24) is 0 Å². The van der Waals surface area contributed by atoms with E-state index in [1.807, 2.05) is 18.2 Å². The minimum atomic E-state index is -3.78. The Hall–Kier alpha value is -1.38. The first-order chi connectivity index (χ1) is 14.3. The van der Waals surface area contributed by atoms with Crippen LogP contribution in [0.1, 0.15) is 54.9 Å². The number of rotatable bonds is 3. The van der Waals surface area contributed by atoms with Crippen LogP contribution in [-0.2, 0) is 17.4 Å². The van der Waals surface area contributed by atoms with Gasteiger partial charge in [0.25, 0.3) is 0 Å². The first kappa shape index (κ1) is 22.8. The van der Waals surface area contributed by atoms with E-state index >= 15 is 4.39 Å². The third kappa shape index (κ3) is 3.28. The van der Waals surface area contributed by atoms with Gasteiger partial charge in [0.2, 0.25) is 0 Å². The molecule has 0 saturated heterocycles. The van der Waals surface area contributed by atoms with Crippen molar-refractivity contribution in [3.63, 3.8) is 0 Å². The van der Waals surface area contributed by atoms with E-state index in [2.05, 4.69) is 62.9 Å². The first-order valence-corrected chi connectivity index (χ1v) is 24.6. The van der Waals surface area contributed by atoms with Crippen molar-refractivity contribution in [3.05, 3.63) is 96.4 Å². The van der Waals surface area contributed by atoms with Gasteiger partial charge in [-0.2, -0.15) is 0 Å². The van der Waals surface area contributed by atoms with E-state index < -0.39 is 29.0 Å². The van der Waals surface area contributed by atoms with Gasteiger partial charge in [0.05, 0.1) is 0 Å². The van der Waals surface area contributed by atoms with Crippen LogP contribution in [0.2, 0.25) is 9.26 Å². The van der Waals surface area contributed by atoms with E-state index in [-0.39, 0.29) is 3.63 Å². The second kappa shape index (κ2) is 7.32. The van der Waals surface area contributed by atoms with E-state index in [0.29, 0.717) is 5.92 Å². The van der Waals surface area contributed by atoms with E-state index in [1.54, 1.807) is 9.35 Å². The Morgan fingerprint density at radius 2 is 1.48 bits per heavy atom. The molecule has 2 aromatic carbocycles. The maximum absolute atomic E-state index is 15.5. The predicted molar refractivity (Wildman–Crippen MR) is 128 cm³/mol. The molecule has 2 aromatic rings. The molecule has 31 heavy (non-hydrogen) atoms. The second-order valence-electron chi connectivity index (χ2n) is 10.6. The minimum absolute atomic E-state index is 0.0247. The predicted octanol–water partition coefficient (Wildman–Crippen LogP) is 7.44. The third-order valence-corrected chi connectivity index (χ3v) is 25.3. The molecule has 0 aliphatic heterocycles. The van der Waals surface area contributed by atoms with Crippen molar-refractivity contribution in [1.29, 1.82) is 0 Å². The normalized spacial score (nSPS) is 22.0. The van der Waals surface area contributed by atoms with Crippen molar-refractivity contribution in [2.24, 2.45) is 5.92 Å². The number of hydrogen-bond acceptors (Lipinski definition) is 0. The average Bonchev–Trinajstić information content (AvgIpc) is 3.09. The molecule has 2 unspecified atom stereocenters. The molecule has 2 aliphatic rings. The fourth-order valence-electron chi connectivity index (χ4n) is 6.65. The molecule has 0 radical (unpaired) electrons. The molecular formula is C27H32F2SiZr. The molecule has 0 N–H and O–H groups in total. The van der Waals surface area contributed by atoms with Crippen LogP contribution < -0.4 is 0 Å². The monoisotopic (exact) mass is 512 g/mol. The third-order valence-electron chi connectivity index (χ3n) is 7.99. The van der Waals surface area contributed by atoms with Gasteiger partial charge in [-0.25, -0.2) is 0 Å². The Kier molecular flexibility index (Phi) is 5.38. The molecule has 0 spiro atoms. The van der Waals surface area contributed by atoms with Gasteiger partial charge in [-0.1, -0.05) is 0 Å². The van der Waals surface area contributed by atoms with Crippen molar-refractivity contribution in [2.45, 2.75) is 47.5 Å². The van der Waals surface area contributed by atoms with Gasteiger partial charge in [-0.15, -0.1) is 0 Å². The van der Waals surface area contributed by atoms with Crippen LogP contribution in [0.15, 0.2) is 68.0 Å². The first-order valence-electron chi connectivity index (χ1n) is 11.1. The molecule has 162 valence electrons. The summed E-state index contributed by atoms with van der Waals surface area (Å²) in [5.41, 5.74) is 8.95. The molecule has 0 bridgehead atoms. The summed E-state index contributed by atoms with van der Waals surface area (Å²) in [6.07, 6.45) is 0. The summed E-state index contributed by atoms with van der Waals surface area (Å²) in [7, 11) is 0. The summed E-state index contributed by atoms with van der Waals surface area (Å²) in [4.78, 5) is 0. The van der Waals surface area contributed by atoms with Gasteiger partial charge in [0, 0.05) is 0 Å². The number of benzene rings is 2. The standard InChI is InChI=1S/C16H11F2.C9H13.2CH3.H2Si.Zr/c1-10-7-13-14(8-12(17)9-15(13)18)16(10)11-5-3-2-4-6-11;1-6-5-7(2)9(4)8(6)3;;;;/h2-9H,1H3;6H,1-4H3;2*1H3;1H2;. The Morgan fingerprint density at radius 1 is 0.871 bits per heavy atom. The van der Waals surface area contributed by atoms with Gasteiger partial charge in [0.15, 0.2) is 0 Å². The summed E-state index contributed by atoms with van der Waals surface area (Å²) in [6.45, 7) is 13.3. The van der Waals surface area contributed by atoms with Gasteiger partial charge >= 0.3 is 188 Å². The van der Waals surface area contributed by atoms with Gasteiger partial charge in [0.1, 0.15) is 0 Å². The molecule has 4 heteroatoms. The van der Waals surface area contributed by atoms with E-state index in [1.165, 1.54) is 22.3 Å². The molecule has 0 saturated carbocycles. The van der Waals surface area contributed by atoms with Crippen molar-refractivity contribution in [3.8, 4) is 0 Å². The number of fused-ring (bicyclic) bond motifs is 1. The van der Waals surface area contributed by atoms with Crippen LogP contribution in [0, 0.1) is 17.6 Å². The van der Waals surface area contributed by atoms with Crippen LogP contribution in [0.25, 0.3) is 5.57 Å². The topological polar surface area (TPSA) is 0 Å². The van der Waals surface area contributed by atoms with Crippen LogP contribution in [0.3, 0.4) is 0 Å². The number of halogens is 2. The van der Waals surface area contributed by atoms with Crippen molar-refractivity contribution >= 4 is 12.5 Å². The van der Waals surface area contributed by atoms with Gasteiger partial charge in [-0.05, 0) is 0 Å². The van der Waals surface area contributed by atoms with Crippen LogP contribution in [0.5, 0.6) is 0 Å². The maximum atomic E-state index is 15.5. The summed E-state index contributed by atoms with van der Waals surface area (Å²) in [5.74, 6) is -0.512. The number of hydrogen-bond donors (Lipinski definition) is 0. The molecule has 2 atom stereocenters. The summed E-state index contributed by atoms with van der Waals surface area (Å²) in [5, 5.41) is 0. The molecule has 2 aliphatic carbocycles. The molecule has 0 aromatic heterocycles. The second-order valence-corrected chi connectivity index (χ2v) is 40.0. The Morgan fingerprint density at radius 3 is 2.03 bits per heavy atom. The van der Waals surface area contributed by atoms with E-state index in [4.69, 9.17) is 0 Å². The summed E-state index contributed by atoms with van der Waals surface area (Å²) < 4.78 is 36.5. The fraction of sp³-hybridized carbons (Fsp3) is 0.333. The zero-order valence-corrected chi connectivity index (χ0v) is 23.5. The Bertz CT molecular complexity index is 1270. The van der Waals surface area contributed by atoms with Gasteiger partial charge in [-0.3, -0.25) is 0 Å². The summed E-state index contributed by atoms with van der Waals surface area (Å²) >= 11 is -3.78. The molecule has 0 fully saturated rings. The van der Waals surface area contributed by atoms with E-state index in [9.17, 15) is 4.39 Å². The van der Waals surface area contributed by atoms with Crippen LogP contribution in [-0.4, -0.2) is 6.88 Å². The molecule has 0 heterocycles. The van der Waals surface area contributed by atoms with Gasteiger partial charge < -0.3 is 0 Å². The Labute approximate surface area is 187 Å². The zero-order valence-electron chi connectivity index (χ0n) is 19.7. The van der Waals surface area contributed by atoms with Crippen molar-refractivity contribution < 1.29 is 26.2 Å². The fourth-order valence-corrected chi connectivity index (χ4v) is 28.1. The van der Waals surface area contributed by atoms with Crippen molar-refractivity contribution in [2.75, 3.05) is 0 Å². The average molecular weight is 514 g/mol. The Balaban J connectivity index is 2.06. The van der Waals surface area contributed by atoms with E-state index in [0.717, 1.165) is 28.3 Å².